The first-order chi connectivity index (χ1) is 38.8. The van der Waals surface area contributed by atoms with Crippen molar-refractivity contribution in [2.75, 3.05) is 0 Å². The van der Waals surface area contributed by atoms with E-state index in [-0.39, 0.29) is 5.41 Å². The summed E-state index contributed by atoms with van der Waals surface area (Å²) in [7, 11) is 0. The highest BCUT2D eigenvalue weighted by atomic mass is 15.0. The van der Waals surface area contributed by atoms with Crippen molar-refractivity contribution in [2.45, 2.75) is 26.2 Å². The highest BCUT2D eigenvalue weighted by molar-refractivity contribution is 6.12. The van der Waals surface area contributed by atoms with Crippen LogP contribution in [0.4, 0.5) is 0 Å². The zero-order chi connectivity index (χ0) is 52.8. The zero-order valence-corrected chi connectivity index (χ0v) is 44.0. The Hall–Kier alpha value is -10.2. The van der Waals surface area contributed by atoms with Gasteiger partial charge in [-0.15, -0.1) is 0 Å². The van der Waals surface area contributed by atoms with E-state index in [1.807, 2.05) is 36.4 Å². The average Bonchev–Trinajstić information content (AvgIpc) is 4.38. The Bertz CT molecular complexity index is 4500. The molecule has 0 saturated heterocycles. The molecule has 79 heavy (non-hydrogen) atoms. The van der Waals surface area contributed by atoms with Gasteiger partial charge in [0.1, 0.15) is 0 Å². The number of nitrogens with zero attached hydrogens (tertiary/aromatic N) is 6. The number of rotatable bonds is 8. The van der Waals surface area contributed by atoms with Crippen LogP contribution in [0.25, 0.3) is 139 Å². The van der Waals surface area contributed by atoms with Crippen LogP contribution in [0, 0.1) is 0 Å². The lowest BCUT2D eigenvalue weighted by Crippen LogP contribution is -2.10. The van der Waals surface area contributed by atoms with Gasteiger partial charge in [0.05, 0.1) is 38.8 Å². The van der Waals surface area contributed by atoms with Crippen LogP contribution in [0.5, 0.6) is 0 Å². The fourth-order valence-electron chi connectivity index (χ4n) is 12.0. The Labute approximate surface area is 457 Å². The van der Waals surface area contributed by atoms with Crippen molar-refractivity contribution in [3.05, 3.63) is 266 Å². The van der Waals surface area contributed by atoms with Crippen LogP contribution < -0.4 is 0 Å². The fourth-order valence-corrected chi connectivity index (χ4v) is 12.0. The zero-order valence-electron chi connectivity index (χ0n) is 44.0. The minimum absolute atomic E-state index is 0.0483. The molecule has 0 atom stereocenters. The second-order valence-electron chi connectivity index (χ2n) is 21.6. The molecule has 0 bridgehead atoms. The molecule has 0 spiro atoms. The molecule has 4 heterocycles. The number of hydrogen-bond donors (Lipinski definition) is 0. The fraction of sp³-hybridized carbons (Fsp3) is 0.0548. The maximum atomic E-state index is 5.37. The molecule has 4 aromatic heterocycles. The smallest absolute Gasteiger partial charge is 0.164 e. The van der Waals surface area contributed by atoms with Gasteiger partial charge in [0, 0.05) is 71.5 Å². The van der Waals surface area contributed by atoms with Crippen molar-refractivity contribution >= 4 is 65.4 Å². The second kappa shape index (κ2) is 18.3. The molecular formula is C73H52N6. The highest BCUT2D eigenvalue weighted by Crippen LogP contribution is 2.46. The topological polar surface area (TPSA) is 53.5 Å². The van der Waals surface area contributed by atoms with Crippen molar-refractivity contribution in [1.82, 2.24) is 28.7 Å². The van der Waals surface area contributed by atoms with Gasteiger partial charge in [-0.05, 0) is 101 Å². The van der Waals surface area contributed by atoms with Gasteiger partial charge in [0.15, 0.2) is 17.5 Å². The third kappa shape index (κ3) is 7.66. The molecule has 6 heteroatoms. The van der Waals surface area contributed by atoms with E-state index in [1.165, 1.54) is 59.9 Å². The molecule has 0 N–H and O–H groups in total. The van der Waals surface area contributed by atoms with Crippen LogP contribution in [-0.2, 0) is 5.41 Å². The van der Waals surface area contributed by atoms with Gasteiger partial charge in [0.25, 0.3) is 0 Å². The van der Waals surface area contributed by atoms with E-state index in [2.05, 4.69) is 259 Å². The number of aromatic nitrogens is 6. The van der Waals surface area contributed by atoms with E-state index < -0.39 is 0 Å². The summed E-state index contributed by atoms with van der Waals surface area (Å²) in [6.07, 6.45) is 0. The molecule has 0 unspecified atom stereocenters. The Morgan fingerprint density at radius 2 is 0.595 bits per heavy atom. The minimum Gasteiger partial charge on any atom is -0.309 e. The predicted octanol–water partition coefficient (Wildman–Crippen LogP) is 18.8. The summed E-state index contributed by atoms with van der Waals surface area (Å²) >= 11 is 0. The Morgan fingerprint density at radius 1 is 0.266 bits per heavy atom. The summed E-state index contributed by atoms with van der Waals surface area (Å²) in [4.78, 5) is 15.9. The maximum absolute atomic E-state index is 5.37. The van der Waals surface area contributed by atoms with E-state index in [9.17, 15) is 0 Å². The van der Waals surface area contributed by atoms with Crippen LogP contribution >= 0.6 is 0 Å². The van der Waals surface area contributed by atoms with E-state index in [0.717, 1.165) is 67.0 Å². The Balaban J connectivity index is 1.03. The van der Waals surface area contributed by atoms with Crippen LogP contribution in [0.15, 0.2) is 261 Å². The standard InChI is InChI=1S/C73H52N6/c1-73(2,3)52-38-43-68-62(46-52)59-28-14-19-33-67(59)79(68)69-60(47-34-39-53(40-35-47)77-63-29-15-10-24-55(63)56-25-11-16-30-64(56)77)44-51(72-75-70(49-20-6-4-7-21-49)74-71(76-72)50-22-8-5-9-23-50)45-61(69)48-36-41-54(42-37-48)78-65-31-17-12-26-57(65)58-27-13-18-32-66(58)78/h4-46H,1-3H3. The minimum atomic E-state index is -0.0483. The van der Waals surface area contributed by atoms with Gasteiger partial charge in [-0.3, -0.25) is 0 Å². The molecule has 0 amide bonds. The van der Waals surface area contributed by atoms with Crippen LogP contribution in [0.2, 0.25) is 0 Å². The molecule has 374 valence electrons. The van der Waals surface area contributed by atoms with E-state index in [0.29, 0.717) is 17.5 Å². The number of para-hydroxylation sites is 5. The lowest BCUT2D eigenvalue weighted by atomic mass is 9.86. The molecule has 0 aliphatic carbocycles. The molecule has 0 aliphatic rings. The van der Waals surface area contributed by atoms with Crippen molar-refractivity contribution in [1.29, 1.82) is 0 Å². The normalized spacial score (nSPS) is 12.0. The molecule has 0 saturated carbocycles. The van der Waals surface area contributed by atoms with Gasteiger partial charge >= 0.3 is 0 Å². The number of hydrogen-bond acceptors (Lipinski definition) is 3. The monoisotopic (exact) mass is 1010 g/mol. The summed E-state index contributed by atoms with van der Waals surface area (Å²) in [5, 5.41) is 7.33. The van der Waals surface area contributed by atoms with Gasteiger partial charge in [-0.25, -0.2) is 15.0 Å². The summed E-state index contributed by atoms with van der Waals surface area (Å²) in [5.74, 6) is 1.81. The predicted molar refractivity (Wildman–Crippen MR) is 329 cm³/mol. The Morgan fingerprint density at radius 3 is 0.987 bits per heavy atom. The molecular weight excluding hydrogens is 961 g/mol. The van der Waals surface area contributed by atoms with Gasteiger partial charge in [-0.2, -0.15) is 0 Å². The molecule has 6 nitrogen and oxygen atoms in total. The maximum Gasteiger partial charge on any atom is 0.164 e. The SMILES string of the molecule is CC(C)(C)c1ccc2c(c1)c1ccccc1n2-c1c(-c2ccc(-n3c4ccccc4c4ccccc43)cc2)cc(-c2nc(-c3ccccc3)nc(-c3ccccc3)n2)cc1-c1ccc(-n2c3ccccc3c3ccccc32)cc1. The highest BCUT2D eigenvalue weighted by Gasteiger charge is 2.25. The first-order valence-corrected chi connectivity index (χ1v) is 27.1. The first kappa shape index (κ1) is 46.2. The van der Waals surface area contributed by atoms with E-state index >= 15 is 0 Å². The lowest BCUT2D eigenvalue weighted by Gasteiger charge is -2.22. The third-order valence-corrected chi connectivity index (χ3v) is 15.9. The van der Waals surface area contributed by atoms with Crippen LogP contribution in [0.3, 0.4) is 0 Å². The van der Waals surface area contributed by atoms with Gasteiger partial charge in [0.2, 0.25) is 0 Å². The molecule has 0 radical (unpaired) electrons. The average molecular weight is 1010 g/mol. The second-order valence-corrected chi connectivity index (χ2v) is 21.6. The van der Waals surface area contributed by atoms with Crippen molar-refractivity contribution in [3.8, 4) is 73.5 Å². The van der Waals surface area contributed by atoms with Gasteiger partial charge in [-0.1, -0.05) is 203 Å². The quantitative estimate of drug-likeness (QED) is 0.152. The Kier molecular flexibility index (Phi) is 10.7. The molecule has 0 aliphatic heterocycles. The largest absolute Gasteiger partial charge is 0.309 e. The summed E-state index contributed by atoms with van der Waals surface area (Å²) < 4.78 is 7.28. The number of benzene rings is 11. The van der Waals surface area contributed by atoms with Crippen molar-refractivity contribution in [2.24, 2.45) is 0 Å². The van der Waals surface area contributed by atoms with Crippen LogP contribution in [-0.4, -0.2) is 28.7 Å². The molecule has 15 rings (SSSR count). The first-order valence-electron chi connectivity index (χ1n) is 27.1. The third-order valence-electron chi connectivity index (χ3n) is 15.9. The van der Waals surface area contributed by atoms with Crippen molar-refractivity contribution < 1.29 is 0 Å². The summed E-state index contributed by atoms with van der Waals surface area (Å²) in [5.41, 5.74) is 18.3. The lowest BCUT2D eigenvalue weighted by molar-refractivity contribution is 0.591. The van der Waals surface area contributed by atoms with Crippen molar-refractivity contribution in [3.63, 3.8) is 0 Å². The van der Waals surface area contributed by atoms with E-state index in [4.69, 9.17) is 15.0 Å². The summed E-state index contributed by atoms with van der Waals surface area (Å²) in [6, 6.07) is 94.1. The van der Waals surface area contributed by atoms with Crippen LogP contribution in [0.1, 0.15) is 26.3 Å². The van der Waals surface area contributed by atoms with E-state index in [1.54, 1.807) is 0 Å². The summed E-state index contributed by atoms with van der Waals surface area (Å²) in [6.45, 7) is 6.88. The molecule has 15 aromatic rings. The molecule has 11 aromatic carbocycles. The van der Waals surface area contributed by atoms with Gasteiger partial charge < -0.3 is 13.7 Å². The molecule has 0 fully saturated rings. The number of fused-ring (bicyclic) bond motifs is 9.